The second-order valence-electron chi connectivity index (χ2n) is 5.95. The van der Waals surface area contributed by atoms with Crippen LogP contribution in [0.15, 0.2) is 18.5 Å². The molecule has 0 unspecified atom stereocenters. The predicted molar refractivity (Wildman–Crippen MR) is 86.6 cm³/mol. The van der Waals surface area contributed by atoms with Gasteiger partial charge in [0, 0.05) is 37.1 Å². The van der Waals surface area contributed by atoms with Gasteiger partial charge < -0.3 is 5.32 Å². The van der Waals surface area contributed by atoms with Crippen LogP contribution >= 0.6 is 0 Å². The van der Waals surface area contributed by atoms with Crippen LogP contribution in [0, 0.1) is 11.3 Å². The molecule has 0 aliphatic carbocycles. The van der Waals surface area contributed by atoms with Crippen LogP contribution in [-0.2, 0) is 19.5 Å². The summed E-state index contributed by atoms with van der Waals surface area (Å²) in [4.78, 5) is 10.5. The summed E-state index contributed by atoms with van der Waals surface area (Å²) in [6.07, 6.45) is 4.37. The number of anilines is 1. The van der Waals surface area contributed by atoms with Gasteiger partial charge in [-0.3, -0.25) is 9.58 Å². The van der Waals surface area contributed by atoms with Crippen LogP contribution in [-0.4, -0.2) is 37.7 Å². The van der Waals surface area contributed by atoms with Gasteiger partial charge in [-0.2, -0.15) is 10.4 Å². The molecular weight excluding hydrogens is 290 g/mol. The summed E-state index contributed by atoms with van der Waals surface area (Å²) >= 11 is 0. The molecule has 0 atom stereocenters. The Morgan fingerprint density at radius 3 is 2.83 bits per heavy atom. The molecule has 120 valence electrons. The van der Waals surface area contributed by atoms with Crippen LogP contribution in [0.25, 0.3) is 0 Å². The van der Waals surface area contributed by atoms with Crippen molar-refractivity contribution in [1.82, 2.24) is 24.6 Å². The molecule has 0 aromatic carbocycles. The third-order valence-electron chi connectivity index (χ3n) is 4.02. The summed E-state index contributed by atoms with van der Waals surface area (Å²) in [7, 11) is 0. The number of nitriles is 1. The van der Waals surface area contributed by atoms with Gasteiger partial charge in [0.05, 0.1) is 30.5 Å². The van der Waals surface area contributed by atoms with E-state index in [4.69, 9.17) is 10.4 Å². The van der Waals surface area contributed by atoms with Crippen LogP contribution in [0.5, 0.6) is 0 Å². The number of hydrogen-bond donors (Lipinski definition) is 1. The minimum absolute atomic E-state index is 0.299. The smallest absolute Gasteiger partial charge is 0.222 e. The Hall–Kier alpha value is -2.46. The molecule has 0 fully saturated rings. The number of hydrogen-bond acceptors (Lipinski definition) is 6. The van der Waals surface area contributed by atoms with Gasteiger partial charge in [-0.1, -0.05) is 0 Å². The van der Waals surface area contributed by atoms with Crippen molar-refractivity contribution in [2.45, 2.75) is 39.4 Å². The molecule has 3 heterocycles. The van der Waals surface area contributed by atoms with Crippen molar-refractivity contribution in [2.75, 3.05) is 18.4 Å². The molecule has 2 aromatic heterocycles. The number of nitrogens with zero attached hydrogens (tertiary/aromatic N) is 6. The average Bonchev–Trinajstić information content (AvgIpc) is 2.92. The van der Waals surface area contributed by atoms with Crippen molar-refractivity contribution in [3.8, 4) is 6.07 Å². The molecule has 0 amide bonds. The van der Waals surface area contributed by atoms with Crippen molar-refractivity contribution in [3.05, 3.63) is 35.4 Å². The average molecular weight is 311 g/mol. The van der Waals surface area contributed by atoms with Crippen LogP contribution in [0.4, 0.5) is 5.95 Å². The first-order valence-corrected chi connectivity index (χ1v) is 7.88. The molecule has 0 saturated carbocycles. The highest BCUT2D eigenvalue weighted by molar-refractivity contribution is 5.33. The molecule has 1 aliphatic heterocycles. The lowest BCUT2D eigenvalue weighted by molar-refractivity contribution is 0.271. The Morgan fingerprint density at radius 2 is 2.13 bits per heavy atom. The van der Waals surface area contributed by atoms with E-state index in [-0.39, 0.29) is 0 Å². The fourth-order valence-electron chi connectivity index (χ4n) is 2.93. The molecular formula is C16H21N7. The van der Waals surface area contributed by atoms with E-state index in [0.717, 1.165) is 25.2 Å². The lowest BCUT2D eigenvalue weighted by Crippen LogP contribution is -2.32. The molecule has 1 aliphatic rings. The number of fused-ring (bicyclic) bond motifs is 1. The van der Waals surface area contributed by atoms with Crippen LogP contribution < -0.4 is 5.32 Å². The zero-order valence-corrected chi connectivity index (χ0v) is 13.5. The van der Waals surface area contributed by atoms with Gasteiger partial charge in [0.15, 0.2) is 0 Å². The Bertz CT molecular complexity index is 699. The first-order valence-electron chi connectivity index (χ1n) is 7.88. The summed E-state index contributed by atoms with van der Waals surface area (Å²) < 4.78 is 2.09. The largest absolute Gasteiger partial charge is 0.348 e. The molecule has 0 saturated heterocycles. The van der Waals surface area contributed by atoms with Gasteiger partial charge in [0.1, 0.15) is 0 Å². The second kappa shape index (κ2) is 6.75. The predicted octanol–water partition coefficient (Wildman–Crippen LogP) is 1.75. The molecule has 3 rings (SSSR count). The van der Waals surface area contributed by atoms with E-state index in [1.54, 1.807) is 18.5 Å². The molecule has 1 N–H and O–H groups in total. The van der Waals surface area contributed by atoms with E-state index in [9.17, 15) is 0 Å². The SMILES string of the molecule is CC(C)n1nc(CNc2ncccn2)c2c1CN(CC#N)CC2. The number of aromatic nitrogens is 4. The minimum atomic E-state index is 0.299. The third-order valence-corrected chi connectivity index (χ3v) is 4.02. The first-order chi connectivity index (χ1) is 11.2. The van der Waals surface area contributed by atoms with E-state index >= 15 is 0 Å². The molecule has 2 aromatic rings. The Balaban J connectivity index is 1.82. The fourth-order valence-corrected chi connectivity index (χ4v) is 2.93. The zero-order valence-electron chi connectivity index (χ0n) is 13.5. The van der Waals surface area contributed by atoms with Crippen molar-refractivity contribution in [3.63, 3.8) is 0 Å². The standard InChI is InChI=1S/C16H21N7/c1-12(2)23-15-11-22(9-5-17)8-4-13(15)14(21-23)10-20-16-18-6-3-7-19-16/h3,6-7,12H,4,8-11H2,1-2H3,(H,18,19,20). The molecule has 23 heavy (non-hydrogen) atoms. The quantitative estimate of drug-likeness (QED) is 0.847. The lowest BCUT2D eigenvalue weighted by Gasteiger charge is -2.26. The van der Waals surface area contributed by atoms with Crippen LogP contribution in [0.1, 0.15) is 36.8 Å². The van der Waals surface area contributed by atoms with E-state index in [0.29, 0.717) is 25.1 Å². The van der Waals surface area contributed by atoms with Crippen molar-refractivity contribution >= 4 is 5.95 Å². The molecule has 0 radical (unpaired) electrons. The number of rotatable bonds is 5. The van der Waals surface area contributed by atoms with E-state index < -0.39 is 0 Å². The van der Waals surface area contributed by atoms with Gasteiger partial charge in [-0.25, -0.2) is 9.97 Å². The highest BCUT2D eigenvalue weighted by Gasteiger charge is 2.25. The Labute approximate surface area is 136 Å². The van der Waals surface area contributed by atoms with Gasteiger partial charge in [-0.05, 0) is 26.3 Å². The van der Waals surface area contributed by atoms with Crippen molar-refractivity contribution < 1.29 is 0 Å². The maximum atomic E-state index is 8.92. The molecule has 7 nitrogen and oxygen atoms in total. The summed E-state index contributed by atoms with van der Waals surface area (Å²) in [6, 6.07) is 4.33. The summed E-state index contributed by atoms with van der Waals surface area (Å²) in [6.45, 7) is 7.04. The van der Waals surface area contributed by atoms with Gasteiger partial charge in [0.2, 0.25) is 5.95 Å². The molecule has 0 spiro atoms. The number of nitrogens with one attached hydrogen (secondary N) is 1. The maximum Gasteiger partial charge on any atom is 0.222 e. The van der Waals surface area contributed by atoms with E-state index in [1.807, 2.05) is 0 Å². The lowest BCUT2D eigenvalue weighted by atomic mass is 10.0. The van der Waals surface area contributed by atoms with Crippen molar-refractivity contribution in [1.29, 1.82) is 5.26 Å². The van der Waals surface area contributed by atoms with Gasteiger partial charge in [-0.15, -0.1) is 0 Å². The summed E-state index contributed by atoms with van der Waals surface area (Å²) in [5.41, 5.74) is 3.58. The van der Waals surface area contributed by atoms with E-state index in [1.165, 1.54) is 11.3 Å². The van der Waals surface area contributed by atoms with Gasteiger partial charge >= 0.3 is 0 Å². The Morgan fingerprint density at radius 1 is 1.35 bits per heavy atom. The Kier molecular flexibility index (Phi) is 4.53. The van der Waals surface area contributed by atoms with E-state index in [2.05, 4.69) is 44.8 Å². The normalized spacial score (nSPS) is 14.5. The third kappa shape index (κ3) is 3.32. The van der Waals surface area contributed by atoms with Crippen LogP contribution in [0.3, 0.4) is 0 Å². The van der Waals surface area contributed by atoms with Crippen molar-refractivity contribution in [2.24, 2.45) is 0 Å². The highest BCUT2D eigenvalue weighted by Crippen LogP contribution is 2.25. The fraction of sp³-hybridized carbons (Fsp3) is 0.500. The molecule has 0 bridgehead atoms. The second-order valence-corrected chi connectivity index (χ2v) is 5.95. The minimum Gasteiger partial charge on any atom is -0.348 e. The zero-order chi connectivity index (χ0) is 16.2. The summed E-state index contributed by atoms with van der Waals surface area (Å²) in [5, 5.41) is 16.9. The molecule has 7 heteroatoms. The monoisotopic (exact) mass is 311 g/mol. The first kappa shape index (κ1) is 15.4. The topological polar surface area (TPSA) is 82.7 Å². The van der Waals surface area contributed by atoms with Crippen LogP contribution in [0.2, 0.25) is 0 Å². The highest BCUT2D eigenvalue weighted by atomic mass is 15.3. The summed E-state index contributed by atoms with van der Waals surface area (Å²) in [5.74, 6) is 0.613. The maximum absolute atomic E-state index is 8.92. The van der Waals surface area contributed by atoms with Gasteiger partial charge in [0.25, 0.3) is 0 Å².